The van der Waals surface area contributed by atoms with Crippen molar-refractivity contribution in [3.63, 3.8) is 0 Å². The van der Waals surface area contributed by atoms with Gasteiger partial charge in [0, 0.05) is 5.02 Å². The predicted molar refractivity (Wildman–Crippen MR) is 157 cm³/mol. The summed E-state index contributed by atoms with van der Waals surface area (Å²) in [6, 6.07) is 44.1. The third kappa shape index (κ3) is 5.31. The fraction of sp³-hybridized carbons (Fsp3) is 0.0303. The monoisotopic (exact) mass is 535 g/mol. The number of benzene rings is 5. The number of rotatable bonds is 8. The van der Waals surface area contributed by atoms with Gasteiger partial charge in [0.05, 0.1) is 11.1 Å². The number of hydrogen-bond donors (Lipinski definition) is 0. The van der Waals surface area contributed by atoms with Gasteiger partial charge in [-0.3, -0.25) is 4.79 Å². The van der Waals surface area contributed by atoms with Crippen LogP contribution in [0.2, 0.25) is 5.02 Å². The molecule has 0 atom stereocenters. The molecule has 0 aliphatic carbocycles. The summed E-state index contributed by atoms with van der Waals surface area (Å²) in [5.74, 6) is -0.481. The van der Waals surface area contributed by atoms with Gasteiger partial charge < -0.3 is 4.74 Å². The summed E-state index contributed by atoms with van der Waals surface area (Å²) in [7, 11) is -2.44. The maximum absolute atomic E-state index is 14.2. The van der Waals surface area contributed by atoms with Gasteiger partial charge in [-0.25, -0.2) is 4.79 Å². The molecule has 5 rings (SSSR count). The average Bonchev–Trinajstić information content (AvgIpc) is 2.98. The molecule has 5 aromatic carbocycles. The molecule has 0 spiro atoms. The van der Waals surface area contributed by atoms with Crippen LogP contribution in [0.4, 0.5) is 0 Å². The van der Waals surface area contributed by atoms with Gasteiger partial charge in [-0.1, -0.05) is 84.4 Å². The Morgan fingerprint density at radius 1 is 0.605 bits per heavy atom. The van der Waals surface area contributed by atoms with Gasteiger partial charge in [-0.05, 0) is 66.7 Å². The molecule has 0 amide bonds. The van der Waals surface area contributed by atoms with Crippen LogP contribution in [0.15, 0.2) is 140 Å². The molecule has 0 bridgehead atoms. The molecule has 0 saturated carbocycles. The number of esters is 1. The van der Waals surface area contributed by atoms with Crippen molar-refractivity contribution in [1.82, 2.24) is 0 Å². The molecule has 5 aromatic rings. The highest BCUT2D eigenvalue weighted by molar-refractivity contribution is 7.96. The summed E-state index contributed by atoms with van der Waals surface area (Å²) in [5.41, 5.74) is 0.689. The van der Waals surface area contributed by atoms with E-state index in [1.807, 2.05) is 60.7 Å². The first kappa shape index (κ1) is 25.6. The fourth-order valence-corrected chi connectivity index (χ4v) is 8.87. The first-order chi connectivity index (χ1) is 18.6. The Kier molecular flexibility index (Phi) is 7.79. The molecule has 0 aliphatic rings. The highest BCUT2D eigenvalue weighted by Gasteiger charge is 2.47. The van der Waals surface area contributed by atoms with E-state index in [9.17, 15) is 9.59 Å². The first-order valence-electron chi connectivity index (χ1n) is 12.2. The molecule has 0 saturated heterocycles. The molecule has 3 nitrogen and oxygen atoms in total. The van der Waals surface area contributed by atoms with Gasteiger partial charge in [0.15, 0.2) is 0 Å². The van der Waals surface area contributed by atoms with Gasteiger partial charge in [0.2, 0.25) is 5.78 Å². The van der Waals surface area contributed by atoms with Gasteiger partial charge in [0.1, 0.15) is 35.1 Å². The third-order valence-corrected chi connectivity index (χ3v) is 11.0. The van der Waals surface area contributed by atoms with Crippen molar-refractivity contribution in [3.05, 3.63) is 156 Å². The van der Waals surface area contributed by atoms with Crippen LogP contribution in [0.5, 0.6) is 5.75 Å². The number of ketones is 1. The van der Waals surface area contributed by atoms with Crippen LogP contribution >= 0.6 is 18.9 Å². The van der Waals surface area contributed by atoms with E-state index in [1.165, 1.54) is 0 Å². The van der Waals surface area contributed by atoms with Crippen LogP contribution in [-0.4, -0.2) is 17.9 Å². The van der Waals surface area contributed by atoms with E-state index >= 15 is 0 Å². The topological polar surface area (TPSA) is 43.4 Å². The van der Waals surface area contributed by atoms with Crippen molar-refractivity contribution in [2.24, 2.45) is 0 Å². The van der Waals surface area contributed by atoms with Gasteiger partial charge in [-0.15, -0.1) is 0 Å². The molecular formula is C33H25ClO3P+. The van der Waals surface area contributed by atoms with Crippen LogP contribution in [0, 0.1) is 0 Å². The second kappa shape index (κ2) is 11.6. The maximum Gasteiger partial charge on any atom is 0.343 e. The van der Waals surface area contributed by atoms with Crippen LogP contribution in [0.25, 0.3) is 0 Å². The van der Waals surface area contributed by atoms with E-state index < -0.39 is 13.2 Å². The van der Waals surface area contributed by atoms with Gasteiger partial charge in [0.25, 0.3) is 0 Å². The molecule has 0 aromatic heterocycles. The zero-order chi connectivity index (χ0) is 26.4. The Balaban J connectivity index is 1.62. The molecule has 0 unspecified atom stereocenters. The van der Waals surface area contributed by atoms with E-state index in [2.05, 4.69) is 36.4 Å². The van der Waals surface area contributed by atoms with E-state index in [0.29, 0.717) is 10.6 Å². The lowest BCUT2D eigenvalue weighted by Gasteiger charge is -2.27. The third-order valence-electron chi connectivity index (χ3n) is 6.43. The minimum absolute atomic E-state index is 0.145. The molecule has 38 heavy (non-hydrogen) atoms. The Bertz CT molecular complexity index is 1440. The van der Waals surface area contributed by atoms with Crippen LogP contribution in [0.3, 0.4) is 0 Å². The second-order valence-corrected chi connectivity index (χ2v) is 12.7. The quantitative estimate of drug-likeness (QED) is 0.0957. The van der Waals surface area contributed by atoms with Crippen LogP contribution in [-0.2, 0) is 0 Å². The number of hydrogen-bond acceptors (Lipinski definition) is 3. The van der Waals surface area contributed by atoms with Gasteiger partial charge >= 0.3 is 5.97 Å². The normalized spacial score (nSPS) is 11.1. The van der Waals surface area contributed by atoms with Crippen molar-refractivity contribution in [3.8, 4) is 5.75 Å². The Hall–Kier alpha value is -4.04. The van der Waals surface area contributed by atoms with E-state index in [-0.39, 0.29) is 23.3 Å². The summed E-state index contributed by atoms with van der Waals surface area (Å²) >= 11 is 6.35. The summed E-state index contributed by atoms with van der Waals surface area (Å²) in [6.07, 6.45) is 0.210. The molecule has 0 fully saturated rings. The number of carbonyl (C=O) groups excluding carboxylic acids is 2. The average molecular weight is 536 g/mol. The first-order valence-corrected chi connectivity index (χ1v) is 14.6. The van der Waals surface area contributed by atoms with Crippen molar-refractivity contribution in [2.75, 3.05) is 6.16 Å². The molecule has 5 heteroatoms. The van der Waals surface area contributed by atoms with E-state index in [1.54, 1.807) is 42.5 Å². The number of Topliss-reactive ketones (excluding diaryl/α,β-unsaturated/α-hetero) is 1. The molecule has 0 heterocycles. The maximum atomic E-state index is 14.2. The number of halogens is 1. The van der Waals surface area contributed by atoms with Crippen LogP contribution in [0.1, 0.15) is 20.7 Å². The van der Waals surface area contributed by atoms with Crippen LogP contribution < -0.4 is 20.7 Å². The lowest BCUT2D eigenvalue weighted by molar-refractivity contribution is 0.0733. The molecule has 0 radical (unpaired) electrons. The standard InChI is InChI=1S/C33H25ClO3P/c34-26-21-22-32(37-33(36)25-13-5-1-6-14-25)30(23-26)31(35)24-38(27-15-7-2-8-16-27,28-17-9-3-10-18-28)29-19-11-4-12-20-29/h1-23H,24H2/q+1. The smallest absolute Gasteiger partial charge is 0.343 e. The van der Waals surface area contributed by atoms with Crippen molar-refractivity contribution >= 4 is 46.5 Å². The molecule has 0 aliphatic heterocycles. The Morgan fingerprint density at radius 2 is 1.05 bits per heavy atom. The fourth-order valence-electron chi connectivity index (χ4n) is 4.61. The summed E-state index contributed by atoms with van der Waals surface area (Å²) in [6.45, 7) is 0. The Labute approximate surface area is 228 Å². The predicted octanol–water partition coefficient (Wildman–Crippen LogP) is 6.74. The highest BCUT2D eigenvalue weighted by atomic mass is 35.5. The number of ether oxygens (including phenoxy) is 1. The van der Waals surface area contributed by atoms with Gasteiger partial charge in [-0.2, -0.15) is 0 Å². The second-order valence-electron chi connectivity index (χ2n) is 8.79. The van der Waals surface area contributed by atoms with Crippen molar-refractivity contribution in [1.29, 1.82) is 0 Å². The minimum atomic E-state index is -2.44. The van der Waals surface area contributed by atoms with Crippen molar-refractivity contribution in [2.45, 2.75) is 0 Å². The largest absolute Gasteiger partial charge is 0.422 e. The molecule has 186 valence electrons. The van der Waals surface area contributed by atoms with E-state index in [4.69, 9.17) is 16.3 Å². The summed E-state index contributed by atoms with van der Waals surface area (Å²) in [4.78, 5) is 27.1. The van der Waals surface area contributed by atoms with E-state index in [0.717, 1.165) is 15.9 Å². The lowest BCUT2D eigenvalue weighted by Crippen LogP contribution is -2.35. The Morgan fingerprint density at radius 3 is 1.53 bits per heavy atom. The highest BCUT2D eigenvalue weighted by Crippen LogP contribution is 2.55. The minimum Gasteiger partial charge on any atom is -0.422 e. The zero-order valence-corrected chi connectivity index (χ0v) is 22.2. The summed E-state index contributed by atoms with van der Waals surface area (Å²) < 4.78 is 5.73. The SMILES string of the molecule is O=C(Oc1ccc(Cl)cc1C(=O)C[P+](c1ccccc1)(c1ccccc1)c1ccccc1)c1ccccc1. The number of carbonyl (C=O) groups is 2. The zero-order valence-electron chi connectivity index (χ0n) is 20.5. The summed E-state index contributed by atoms with van der Waals surface area (Å²) in [5, 5.41) is 3.68. The van der Waals surface area contributed by atoms with Crippen molar-refractivity contribution < 1.29 is 14.3 Å². The molecular weight excluding hydrogens is 511 g/mol. The lowest BCUT2D eigenvalue weighted by atomic mass is 10.1. The molecule has 0 N–H and O–H groups in total.